The molecule has 0 aromatic carbocycles. The lowest BCUT2D eigenvalue weighted by atomic mass is 10.0. The summed E-state index contributed by atoms with van der Waals surface area (Å²) in [5.74, 6) is 0.914. The zero-order chi connectivity index (χ0) is 16.8. The maximum Gasteiger partial charge on any atom is 0.166 e. The van der Waals surface area contributed by atoms with E-state index in [2.05, 4.69) is 21.8 Å². The van der Waals surface area contributed by atoms with Crippen LogP contribution in [0.3, 0.4) is 0 Å². The SMILES string of the molecule is C=C(S/C=C\C)C1=NCC(C(=N)/C=C\NC(C)F)=C2CCCN12. The number of thioether (sulfide) groups is 1. The summed E-state index contributed by atoms with van der Waals surface area (Å²) in [5.41, 5.74) is 2.45. The van der Waals surface area contributed by atoms with E-state index in [9.17, 15) is 4.39 Å². The molecule has 1 saturated heterocycles. The molecule has 4 nitrogen and oxygen atoms in total. The van der Waals surface area contributed by atoms with E-state index >= 15 is 0 Å². The molecule has 0 spiro atoms. The molecule has 1 atom stereocenters. The maximum atomic E-state index is 12.8. The van der Waals surface area contributed by atoms with Gasteiger partial charge in [-0.1, -0.05) is 24.4 Å². The molecular formula is C17H23FN4S. The number of halogens is 1. The number of hydrogen-bond acceptors (Lipinski definition) is 5. The number of nitrogens with one attached hydrogen (secondary N) is 2. The highest BCUT2D eigenvalue weighted by molar-refractivity contribution is 8.06. The molecule has 0 bridgehead atoms. The van der Waals surface area contributed by atoms with E-state index in [1.165, 1.54) is 13.1 Å². The first-order valence-electron chi connectivity index (χ1n) is 7.71. The minimum Gasteiger partial charge on any atom is -0.362 e. The van der Waals surface area contributed by atoms with Crippen LogP contribution in [-0.2, 0) is 0 Å². The number of aliphatic imine (C=N–C) groups is 1. The quantitative estimate of drug-likeness (QED) is 0.547. The molecule has 0 aromatic rings. The third kappa shape index (κ3) is 4.34. The van der Waals surface area contributed by atoms with Crippen LogP contribution < -0.4 is 5.32 Å². The van der Waals surface area contributed by atoms with Gasteiger partial charge in [-0.3, -0.25) is 4.99 Å². The molecule has 2 rings (SSSR count). The van der Waals surface area contributed by atoms with Crippen molar-refractivity contribution in [3.8, 4) is 0 Å². The maximum absolute atomic E-state index is 12.8. The number of fused-ring (bicyclic) bond motifs is 1. The number of amidine groups is 1. The van der Waals surface area contributed by atoms with Crippen LogP contribution in [-0.4, -0.2) is 35.8 Å². The summed E-state index contributed by atoms with van der Waals surface area (Å²) in [6.45, 7) is 8.89. The molecule has 0 amide bonds. The Hall–Kier alpha value is -1.82. The highest BCUT2D eigenvalue weighted by Crippen LogP contribution is 2.33. The minimum absolute atomic E-state index is 0.384. The first-order chi connectivity index (χ1) is 11.0. The van der Waals surface area contributed by atoms with Gasteiger partial charge >= 0.3 is 0 Å². The highest BCUT2D eigenvalue weighted by atomic mass is 32.2. The number of alkyl halides is 1. The molecular weight excluding hydrogens is 311 g/mol. The largest absolute Gasteiger partial charge is 0.362 e. The van der Waals surface area contributed by atoms with Crippen molar-refractivity contribution in [2.45, 2.75) is 33.0 Å². The summed E-state index contributed by atoms with van der Waals surface area (Å²) in [4.78, 5) is 7.73. The second-order valence-corrected chi connectivity index (χ2v) is 6.36. The first kappa shape index (κ1) is 17.5. The van der Waals surface area contributed by atoms with E-state index in [4.69, 9.17) is 5.41 Å². The van der Waals surface area contributed by atoms with Gasteiger partial charge in [0, 0.05) is 28.9 Å². The summed E-state index contributed by atoms with van der Waals surface area (Å²) in [6, 6.07) is 0. The van der Waals surface area contributed by atoms with Crippen molar-refractivity contribution >= 4 is 23.3 Å². The van der Waals surface area contributed by atoms with E-state index in [0.29, 0.717) is 12.3 Å². The van der Waals surface area contributed by atoms with Crippen LogP contribution >= 0.6 is 11.8 Å². The molecule has 2 heterocycles. The predicted molar refractivity (Wildman–Crippen MR) is 97.4 cm³/mol. The predicted octanol–water partition coefficient (Wildman–Crippen LogP) is 3.97. The van der Waals surface area contributed by atoms with Crippen LogP contribution in [0.2, 0.25) is 0 Å². The van der Waals surface area contributed by atoms with Gasteiger partial charge < -0.3 is 15.6 Å². The van der Waals surface area contributed by atoms with Gasteiger partial charge in [-0.05, 0) is 38.2 Å². The third-order valence-corrected chi connectivity index (χ3v) is 4.48. The Kier molecular flexibility index (Phi) is 6.21. The van der Waals surface area contributed by atoms with Crippen LogP contribution in [0, 0.1) is 5.41 Å². The molecule has 0 aromatic heterocycles. The Morgan fingerprint density at radius 1 is 1.57 bits per heavy atom. The van der Waals surface area contributed by atoms with Crippen molar-refractivity contribution in [3.63, 3.8) is 0 Å². The molecule has 23 heavy (non-hydrogen) atoms. The molecule has 124 valence electrons. The minimum atomic E-state index is -1.12. The molecule has 2 aliphatic heterocycles. The third-order valence-electron chi connectivity index (χ3n) is 3.61. The van der Waals surface area contributed by atoms with Crippen molar-refractivity contribution < 1.29 is 4.39 Å². The van der Waals surface area contributed by atoms with E-state index in [1.807, 2.05) is 18.4 Å². The van der Waals surface area contributed by atoms with Gasteiger partial charge in [0.25, 0.3) is 0 Å². The van der Waals surface area contributed by atoms with E-state index in [0.717, 1.165) is 41.4 Å². The summed E-state index contributed by atoms with van der Waals surface area (Å²) in [5, 5.41) is 12.8. The number of hydrogen-bond donors (Lipinski definition) is 2. The van der Waals surface area contributed by atoms with E-state index in [1.54, 1.807) is 17.8 Å². The topological polar surface area (TPSA) is 51.5 Å². The fraction of sp³-hybridized carbons (Fsp3) is 0.412. The second-order valence-electron chi connectivity index (χ2n) is 5.36. The van der Waals surface area contributed by atoms with Crippen molar-refractivity contribution in [2.75, 3.05) is 13.1 Å². The van der Waals surface area contributed by atoms with Crippen LogP contribution in [0.1, 0.15) is 26.7 Å². The van der Waals surface area contributed by atoms with Crippen LogP contribution in [0.4, 0.5) is 4.39 Å². The molecule has 6 heteroatoms. The Labute approximate surface area is 141 Å². The monoisotopic (exact) mass is 334 g/mol. The summed E-state index contributed by atoms with van der Waals surface area (Å²) < 4.78 is 12.8. The molecule has 0 radical (unpaired) electrons. The molecule has 0 saturated carbocycles. The Balaban J connectivity index is 2.14. The van der Waals surface area contributed by atoms with Gasteiger partial charge in [0.1, 0.15) is 5.84 Å². The van der Waals surface area contributed by atoms with Crippen LogP contribution in [0.25, 0.3) is 0 Å². The summed E-state index contributed by atoms with van der Waals surface area (Å²) in [7, 11) is 0. The van der Waals surface area contributed by atoms with E-state index < -0.39 is 6.30 Å². The summed E-state index contributed by atoms with van der Waals surface area (Å²) in [6.07, 6.45) is 5.93. The normalized spacial score (nSPS) is 19.3. The number of rotatable bonds is 7. The first-order valence-corrected chi connectivity index (χ1v) is 8.59. The lowest BCUT2D eigenvalue weighted by Gasteiger charge is -2.29. The van der Waals surface area contributed by atoms with Gasteiger partial charge in [0.2, 0.25) is 0 Å². The van der Waals surface area contributed by atoms with Crippen molar-refractivity contribution in [3.05, 3.63) is 46.5 Å². The number of allylic oxidation sites excluding steroid dienone is 3. The molecule has 1 fully saturated rings. The average Bonchev–Trinajstić information content (AvgIpc) is 3.00. The van der Waals surface area contributed by atoms with Crippen molar-refractivity contribution in [1.29, 1.82) is 5.41 Å². The highest BCUT2D eigenvalue weighted by Gasteiger charge is 2.30. The van der Waals surface area contributed by atoms with Gasteiger partial charge in [0.15, 0.2) is 6.30 Å². The van der Waals surface area contributed by atoms with Gasteiger partial charge in [-0.25, -0.2) is 4.39 Å². The van der Waals surface area contributed by atoms with Gasteiger partial charge in [0.05, 0.1) is 12.3 Å². The van der Waals surface area contributed by atoms with Crippen molar-refractivity contribution in [1.82, 2.24) is 10.2 Å². The van der Waals surface area contributed by atoms with Crippen molar-refractivity contribution in [2.24, 2.45) is 4.99 Å². The average molecular weight is 334 g/mol. The number of nitrogens with zero attached hydrogens (tertiary/aromatic N) is 2. The van der Waals surface area contributed by atoms with Crippen LogP contribution in [0.15, 0.2) is 51.5 Å². The standard InChI is InChI=1S/C17H23FN4S/c1-4-10-23-12(2)17-21-11-14(16-6-5-9-22(16)17)15(19)7-8-20-13(3)18/h4,7-8,10,13,19-20H,2,5-6,9,11H2,1,3H3/b8-7-,10-4-,19-15?. The lowest BCUT2D eigenvalue weighted by Crippen LogP contribution is -2.33. The summed E-state index contributed by atoms with van der Waals surface area (Å²) >= 11 is 1.57. The second kappa shape index (κ2) is 8.15. The zero-order valence-corrected chi connectivity index (χ0v) is 14.4. The smallest absolute Gasteiger partial charge is 0.166 e. The Bertz CT molecular complexity index is 602. The molecule has 2 N–H and O–H groups in total. The zero-order valence-electron chi connectivity index (χ0n) is 13.6. The molecule has 1 unspecified atom stereocenters. The lowest BCUT2D eigenvalue weighted by molar-refractivity contribution is 0.329. The van der Waals surface area contributed by atoms with Crippen LogP contribution in [0.5, 0.6) is 0 Å². The molecule has 2 aliphatic rings. The Morgan fingerprint density at radius 2 is 2.35 bits per heavy atom. The molecule has 0 aliphatic carbocycles. The van der Waals surface area contributed by atoms with E-state index in [-0.39, 0.29) is 0 Å². The Morgan fingerprint density at radius 3 is 3.04 bits per heavy atom. The van der Waals surface area contributed by atoms with Gasteiger partial charge in [-0.15, -0.1) is 0 Å². The fourth-order valence-corrected chi connectivity index (χ4v) is 3.18. The van der Waals surface area contributed by atoms with Gasteiger partial charge in [-0.2, -0.15) is 0 Å². The fourth-order valence-electron chi connectivity index (χ4n) is 2.60.